The van der Waals surface area contributed by atoms with Crippen LogP contribution in [0.15, 0.2) is 24.3 Å². The molecule has 0 unspecified atom stereocenters. The molecule has 0 saturated carbocycles. The second-order valence-corrected chi connectivity index (χ2v) is 3.34. The average molecular weight is 192 g/mol. The molecule has 1 atom stereocenters. The van der Waals surface area contributed by atoms with Gasteiger partial charge in [-0.25, -0.2) is 4.79 Å². The summed E-state index contributed by atoms with van der Waals surface area (Å²) in [6.45, 7) is 0.458. The number of benzene rings is 1. The maximum absolute atomic E-state index is 11.5. The molecule has 0 aliphatic carbocycles. The first-order chi connectivity index (χ1) is 6.81. The Hall–Kier alpha value is -1.35. The van der Waals surface area contributed by atoms with E-state index in [1.54, 1.807) is 13.2 Å². The molecule has 14 heavy (non-hydrogen) atoms. The first-order valence-corrected chi connectivity index (χ1v) is 4.59. The first-order valence-electron chi connectivity index (χ1n) is 4.59. The standard InChI is InChI=1S/C11H12O3/c1-13-7-9-6-8-4-2-3-5-10(8)11(12)14-9/h2-5,9H,6-7H2,1H3/t9-/m1/s1. The smallest absolute Gasteiger partial charge is 0.338 e. The van der Waals surface area contributed by atoms with Gasteiger partial charge in [0.25, 0.3) is 0 Å². The van der Waals surface area contributed by atoms with Crippen molar-refractivity contribution >= 4 is 5.97 Å². The zero-order valence-electron chi connectivity index (χ0n) is 8.03. The van der Waals surface area contributed by atoms with Crippen LogP contribution >= 0.6 is 0 Å². The highest BCUT2D eigenvalue weighted by Gasteiger charge is 2.25. The monoisotopic (exact) mass is 192 g/mol. The predicted molar refractivity (Wildman–Crippen MR) is 51.2 cm³/mol. The molecular formula is C11H12O3. The molecule has 0 aromatic heterocycles. The number of cyclic esters (lactones) is 1. The summed E-state index contributed by atoms with van der Waals surface area (Å²) in [6, 6.07) is 7.52. The third kappa shape index (κ3) is 1.63. The molecule has 1 aromatic carbocycles. The fraction of sp³-hybridized carbons (Fsp3) is 0.364. The lowest BCUT2D eigenvalue weighted by atomic mass is 9.99. The van der Waals surface area contributed by atoms with Gasteiger partial charge < -0.3 is 9.47 Å². The molecule has 3 nitrogen and oxygen atoms in total. The molecule has 2 rings (SSSR count). The third-order valence-electron chi connectivity index (χ3n) is 2.31. The summed E-state index contributed by atoms with van der Waals surface area (Å²) in [7, 11) is 1.61. The van der Waals surface area contributed by atoms with E-state index in [0.29, 0.717) is 12.2 Å². The maximum Gasteiger partial charge on any atom is 0.338 e. The number of carbonyl (C=O) groups is 1. The fourth-order valence-electron chi connectivity index (χ4n) is 1.68. The van der Waals surface area contributed by atoms with E-state index in [2.05, 4.69) is 0 Å². The molecule has 74 valence electrons. The quantitative estimate of drug-likeness (QED) is 0.665. The van der Waals surface area contributed by atoms with Crippen LogP contribution in [0.3, 0.4) is 0 Å². The van der Waals surface area contributed by atoms with Gasteiger partial charge in [-0.2, -0.15) is 0 Å². The van der Waals surface area contributed by atoms with Crippen molar-refractivity contribution in [3.8, 4) is 0 Å². The van der Waals surface area contributed by atoms with E-state index < -0.39 is 0 Å². The lowest BCUT2D eigenvalue weighted by Crippen LogP contribution is -2.30. The first kappa shape index (κ1) is 9.21. The van der Waals surface area contributed by atoms with Gasteiger partial charge in [-0.15, -0.1) is 0 Å². The zero-order valence-corrected chi connectivity index (χ0v) is 8.03. The summed E-state index contributed by atoms with van der Waals surface area (Å²) in [6.07, 6.45) is 0.609. The van der Waals surface area contributed by atoms with Crippen LogP contribution in [-0.4, -0.2) is 25.8 Å². The van der Waals surface area contributed by atoms with Crippen LogP contribution in [0.2, 0.25) is 0 Å². The highest BCUT2D eigenvalue weighted by atomic mass is 16.6. The minimum atomic E-state index is -0.242. The Morgan fingerprint density at radius 2 is 2.29 bits per heavy atom. The number of methoxy groups -OCH3 is 1. The fourth-order valence-corrected chi connectivity index (χ4v) is 1.68. The van der Waals surface area contributed by atoms with Gasteiger partial charge in [-0.05, 0) is 11.6 Å². The van der Waals surface area contributed by atoms with Crippen molar-refractivity contribution in [2.24, 2.45) is 0 Å². The van der Waals surface area contributed by atoms with Crippen molar-refractivity contribution in [1.82, 2.24) is 0 Å². The molecule has 0 spiro atoms. The van der Waals surface area contributed by atoms with Gasteiger partial charge >= 0.3 is 5.97 Å². The van der Waals surface area contributed by atoms with E-state index in [-0.39, 0.29) is 12.1 Å². The second kappa shape index (κ2) is 3.80. The largest absolute Gasteiger partial charge is 0.456 e. The summed E-state index contributed by atoms with van der Waals surface area (Å²) in [4.78, 5) is 11.5. The van der Waals surface area contributed by atoms with E-state index >= 15 is 0 Å². The summed E-state index contributed by atoms with van der Waals surface area (Å²) in [5.41, 5.74) is 1.73. The number of rotatable bonds is 2. The number of fused-ring (bicyclic) bond motifs is 1. The Morgan fingerprint density at radius 3 is 3.07 bits per heavy atom. The van der Waals surface area contributed by atoms with Crippen LogP contribution in [0.1, 0.15) is 15.9 Å². The van der Waals surface area contributed by atoms with Crippen molar-refractivity contribution < 1.29 is 14.3 Å². The van der Waals surface area contributed by atoms with Gasteiger partial charge in [0.05, 0.1) is 12.2 Å². The summed E-state index contributed by atoms with van der Waals surface area (Å²) in [5.74, 6) is -0.242. The van der Waals surface area contributed by atoms with Gasteiger partial charge in [0, 0.05) is 13.5 Å². The Kier molecular flexibility index (Phi) is 2.50. The minimum Gasteiger partial charge on any atom is -0.456 e. The summed E-state index contributed by atoms with van der Waals surface area (Å²) >= 11 is 0. The lowest BCUT2D eigenvalue weighted by molar-refractivity contribution is 0.00133. The Labute approximate surface area is 82.6 Å². The van der Waals surface area contributed by atoms with Crippen LogP contribution in [0.5, 0.6) is 0 Å². The molecule has 1 aliphatic heterocycles. The number of carbonyl (C=O) groups excluding carboxylic acids is 1. The molecule has 0 amide bonds. The van der Waals surface area contributed by atoms with Gasteiger partial charge in [-0.1, -0.05) is 18.2 Å². The van der Waals surface area contributed by atoms with E-state index in [1.165, 1.54) is 0 Å². The molecule has 3 heteroatoms. The number of hydrogen-bond acceptors (Lipinski definition) is 3. The molecule has 0 N–H and O–H groups in total. The maximum atomic E-state index is 11.5. The van der Waals surface area contributed by atoms with Crippen LogP contribution in [-0.2, 0) is 15.9 Å². The zero-order chi connectivity index (χ0) is 9.97. The average Bonchev–Trinajstić information content (AvgIpc) is 2.18. The Morgan fingerprint density at radius 1 is 1.50 bits per heavy atom. The van der Waals surface area contributed by atoms with Crippen molar-refractivity contribution in [3.05, 3.63) is 35.4 Å². The number of esters is 1. The number of ether oxygens (including phenoxy) is 2. The highest BCUT2D eigenvalue weighted by Crippen LogP contribution is 2.20. The SMILES string of the molecule is COC[C@H]1Cc2ccccc2C(=O)O1. The third-order valence-corrected chi connectivity index (χ3v) is 2.31. The predicted octanol–water partition coefficient (Wildman–Crippen LogP) is 1.41. The molecule has 1 heterocycles. The topological polar surface area (TPSA) is 35.5 Å². The normalized spacial score (nSPS) is 20.1. The summed E-state index contributed by atoms with van der Waals surface area (Å²) in [5, 5.41) is 0. The van der Waals surface area contributed by atoms with E-state index in [1.807, 2.05) is 18.2 Å². The molecule has 0 fully saturated rings. The number of hydrogen-bond donors (Lipinski definition) is 0. The van der Waals surface area contributed by atoms with Crippen LogP contribution in [0, 0.1) is 0 Å². The van der Waals surface area contributed by atoms with Gasteiger partial charge in [-0.3, -0.25) is 0 Å². The highest BCUT2D eigenvalue weighted by molar-refractivity contribution is 5.92. The minimum absolute atomic E-state index is 0.137. The van der Waals surface area contributed by atoms with Gasteiger partial charge in [0.2, 0.25) is 0 Å². The van der Waals surface area contributed by atoms with Crippen LogP contribution in [0.25, 0.3) is 0 Å². The Bertz CT molecular complexity index is 346. The van der Waals surface area contributed by atoms with Crippen molar-refractivity contribution in [2.45, 2.75) is 12.5 Å². The van der Waals surface area contributed by atoms with Gasteiger partial charge in [0.15, 0.2) is 0 Å². The molecular weight excluding hydrogens is 180 g/mol. The van der Waals surface area contributed by atoms with E-state index in [4.69, 9.17) is 9.47 Å². The molecule has 0 saturated heterocycles. The van der Waals surface area contributed by atoms with Crippen molar-refractivity contribution in [2.75, 3.05) is 13.7 Å². The van der Waals surface area contributed by atoms with Crippen molar-refractivity contribution in [3.63, 3.8) is 0 Å². The van der Waals surface area contributed by atoms with E-state index in [9.17, 15) is 4.79 Å². The van der Waals surface area contributed by atoms with Crippen LogP contribution < -0.4 is 0 Å². The molecule has 0 radical (unpaired) electrons. The van der Waals surface area contributed by atoms with Crippen molar-refractivity contribution in [1.29, 1.82) is 0 Å². The molecule has 1 aliphatic rings. The van der Waals surface area contributed by atoms with Crippen LogP contribution in [0.4, 0.5) is 0 Å². The Balaban J connectivity index is 2.24. The molecule has 1 aromatic rings. The lowest BCUT2D eigenvalue weighted by Gasteiger charge is -2.23. The summed E-state index contributed by atoms with van der Waals surface area (Å²) < 4.78 is 10.2. The molecule has 0 bridgehead atoms. The van der Waals surface area contributed by atoms with Gasteiger partial charge in [0.1, 0.15) is 6.10 Å². The second-order valence-electron chi connectivity index (χ2n) is 3.34. The van der Waals surface area contributed by atoms with E-state index in [0.717, 1.165) is 12.0 Å².